The summed E-state index contributed by atoms with van der Waals surface area (Å²) in [5, 5.41) is 2.29. The van der Waals surface area contributed by atoms with Crippen molar-refractivity contribution in [2.45, 2.75) is 55.3 Å². The lowest BCUT2D eigenvalue weighted by atomic mass is 10.0. The van der Waals surface area contributed by atoms with Crippen LogP contribution in [0.1, 0.15) is 64.1 Å². The monoisotopic (exact) mass is 1150 g/mol. The zero-order valence-electron chi connectivity index (χ0n) is 42.7. The summed E-state index contributed by atoms with van der Waals surface area (Å²) in [5.41, 5.74) is 4.93. The molecule has 0 N–H and O–H groups in total. The highest BCUT2D eigenvalue weighted by Crippen LogP contribution is 2.51. The standard InChI is InChI=1S/C57H52N2O16P2S2/c1-36-19-23-39(24-20-36)78(60,61)58(76-72-50-41(10-5-14-45(50)54-64-27-28-65-54)42-11-6-15-46(51(42)73-76)55-66-29-30-67-55)35-38-9-3-4-18-49(38)59(79(62,63)40-25-21-37(2)22-26-40)77-74-52-43(12-7-16-47(52)56-68-31-32-69-56)44-13-8-17-48(53(44)75-77)57-70-33-34-71-57/h3-26,54-57H,27-35H2,1-2H3. The minimum absolute atomic E-state index is 0.0208. The summed E-state index contributed by atoms with van der Waals surface area (Å²) in [5.74, 6) is 0. The van der Waals surface area contributed by atoms with Crippen LogP contribution in [0.25, 0.3) is 43.9 Å². The molecule has 18 nitrogen and oxygen atoms in total. The molecule has 4 aliphatic heterocycles. The van der Waals surface area contributed by atoms with Crippen LogP contribution in [0.3, 0.4) is 0 Å². The molecule has 79 heavy (non-hydrogen) atoms. The van der Waals surface area contributed by atoms with Gasteiger partial charge in [-0.25, -0.2) is 16.8 Å². The van der Waals surface area contributed by atoms with E-state index >= 15 is 16.8 Å². The van der Waals surface area contributed by atoms with Crippen molar-refractivity contribution in [2.75, 3.05) is 61.0 Å². The Hall–Kier alpha value is -6.32. The normalized spacial score (nSPS) is 17.1. The number of rotatable bonds is 13. The van der Waals surface area contributed by atoms with Crippen molar-refractivity contribution in [1.29, 1.82) is 0 Å². The fraction of sp³-hybridized carbons (Fsp3) is 0.263. The van der Waals surface area contributed by atoms with Crippen LogP contribution >= 0.6 is 16.3 Å². The molecule has 7 aromatic carbocycles. The largest absolute Gasteiger partial charge is 0.407 e. The van der Waals surface area contributed by atoms with Gasteiger partial charge in [0.2, 0.25) is 0 Å². The van der Waals surface area contributed by atoms with Crippen molar-refractivity contribution in [3.63, 3.8) is 0 Å². The topological polar surface area (TPSA) is 201 Å². The van der Waals surface area contributed by atoms with E-state index in [1.54, 1.807) is 72.8 Å². The molecule has 0 amide bonds. The highest BCUT2D eigenvalue weighted by atomic mass is 32.2. The Labute approximate surface area is 456 Å². The van der Waals surface area contributed by atoms with E-state index in [-0.39, 0.29) is 43.4 Å². The average Bonchev–Trinajstić information content (AvgIpc) is 4.34. The summed E-state index contributed by atoms with van der Waals surface area (Å²) in [6.45, 7) is 5.76. The van der Waals surface area contributed by atoms with E-state index < -0.39 is 68.1 Å². The number of anilines is 1. The number of hydrogen-bond donors (Lipinski definition) is 0. The zero-order chi connectivity index (χ0) is 53.8. The first kappa shape index (κ1) is 52.1. The van der Waals surface area contributed by atoms with Gasteiger partial charge in [0.1, 0.15) is 0 Å². The summed E-state index contributed by atoms with van der Waals surface area (Å²) in [6, 6.07) is 41.5. The van der Waals surface area contributed by atoms with Gasteiger partial charge in [0.05, 0.1) is 97.1 Å². The van der Waals surface area contributed by atoms with Gasteiger partial charge in [0.25, 0.3) is 20.0 Å². The second kappa shape index (κ2) is 21.6. The Bertz CT molecular complexity index is 3920. The van der Waals surface area contributed by atoms with Crippen LogP contribution in [0, 0.1) is 13.8 Å². The number of nitrogens with zero attached hydrogens (tertiary/aromatic N) is 2. The van der Waals surface area contributed by atoms with Gasteiger partial charge in [-0.15, -0.1) is 0 Å². The summed E-state index contributed by atoms with van der Waals surface area (Å²) >= 11 is 0. The molecule has 9 aromatic rings. The third-order valence-electron chi connectivity index (χ3n) is 13.9. The molecule has 0 aliphatic carbocycles. The first-order chi connectivity index (χ1) is 38.5. The van der Waals surface area contributed by atoms with Gasteiger partial charge in [-0.2, -0.15) is 4.08 Å². The molecule has 4 aliphatic rings. The van der Waals surface area contributed by atoms with Crippen molar-refractivity contribution in [2.24, 2.45) is 0 Å². The van der Waals surface area contributed by atoms with E-state index in [4.69, 9.17) is 54.7 Å². The predicted molar refractivity (Wildman–Crippen MR) is 294 cm³/mol. The van der Waals surface area contributed by atoms with E-state index in [9.17, 15) is 0 Å². The summed E-state index contributed by atoms with van der Waals surface area (Å²) in [7, 11) is -15.1. The van der Waals surface area contributed by atoms with Crippen LogP contribution in [-0.4, -0.2) is 69.7 Å². The molecule has 0 saturated carbocycles. The van der Waals surface area contributed by atoms with E-state index in [2.05, 4.69) is 0 Å². The first-order valence-electron chi connectivity index (χ1n) is 25.6. The Morgan fingerprint density at radius 3 is 1.09 bits per heavy atom. The van der Waals surface area contributed by atoms with Crippen LogP contribution in [0.15, 0.2) is 172 Å². The molecule has 0 bridgehead atoms. The summed E-state index contributed by atoms with van der Waals surface area (Å²) in [4.78, 5) is -0.171. The minimum atomic E-state index is -4.74. The zero-order valence-corrected chi connectivity index (χ0v) is 46.1. The molecule has 13 rings (SSSR count). The Balaban J connectivity index is 1.10. The molecule has 0 spiro atoms. The SMILES string of the molecule is Cc1ccc(S(=O)(=O)N(Cc2ccccc2N(p2oc3c(C4OCCO4)cccc3c3cccc(C4OCCO4)c3o2)S(=O)(=O)c2ccc(C)cc2)p2oc3c(C4OCCO4)cccc3c3cccc(C4OCCO4)c3o2)cc1. The van der Waals surface area contributed by atoms with Gasteiger partial charge in [-0.05, 0) is 49.7 Å². The first-order valence-corrected chi connectivity index (χ1v) is 30.7. The number of ether oxygens (including phenoxy) is 8. The maximum atomic E-state index is 16.1. The van der Waals surface area contributed by atoms with Crippen molar-refractivity contribution in [3.8, 4) is 0 Å². The second-order valence-electron chi connectivity index (χ2n) is 19.0. The molecular weight excluding hydrogens is 1090 g/mol. The number of hydrogen-bond acceptors (Lipinski definition) is 16. The van der Waals surface area contributed by atoms with Gasteiger partial charge in [-0.1, -0.05) is 130 Å². The quantitative estimate of drug-likeness (QED) is 0.105. The maximum absolute atomic E-state index is 16.1. The third kappa shape index (κ3) is 9.78. The molecule has 22 heteroatoms. The van der Waals surface area contributed by atoms with Crippen LogP contribution < -0.4 is 8.15 Å². The van der Waals surface area contributed by atoms with Gasteiger partial charge in [0, 0.05) is 21.5 Å². The lowest BCUT2D eigenvalue weighted by molar-refractivity contribution is -0.0437. The van der Waals surface area contributed by atoms with Gasteiger partial charge < -0.3 is 54.7 Å². The molecule has 0 atom stereocenters. The number of benzene rings is 7. The van der Waals surface area contributed by atoms with Crippen LogP contribution in [-0.2, 0) is 64.5 Å². The molecular formula is C57H52N2O16P2S2. The summed E-state index contributed by atoms with van der Waals surface area (Å²) < 4.78 is 143. The van der Waals surface area contributed by atoms with E-state index in [1.165, 1.54) is 24.3 Å². The van der Waals surface area contributed by atoms with E-state index in [1.807, 2.05) is 62.4 Å². The molecule has 2 aromatic heterocycles. The lowest BCUT2D eigenvalue weighted by Gasteiger charge is -2.26. The number of fused-ring (bicyclic) bond motifs is 6. The number of aryl methyl sites for hydroxylation is 2. The predicted octanol–water partition coefficient (Wildman–Crippen LogP) is 12.9. The average molecular weight is 1150 g/mol. The van der Waals surface area contributed by atoms with Gasteiger partial charge >= 0.3 is 16.3 Å². The van der Waals surface area contributed by atoms with Crippen molar-refractivity contribution >= 4 is 85.9 Å². The Kier molecular flexibility index (Phi) is 14.3. The highest BCUT2D eigenvalue weighted by molar-refractivity contribution is 7.98. The van der Waals surface area contributed by atoms with Crippen molar-refractivity contribution in [3.05, 3.63) is 185 Å². The van der Waals surface area contributed by atoms with Crippen LogP contribution in [0.5, 0.6) is 0 Å². The Morgan fingerprint density at radius 2 is 0.722 bits per heavy atom. The lowest BCUT2D eigenvalue weighted by Crippen LogP contribution is -2.30. The molecule has 4 fully saturated rings. The molecule has 6 heterocycles. The van der Waals surface area contributed by atoms with E-state index in [0.29, 0.717) is 96.7 Å². The van der Waals surface area contributed by atoms with Crippen molar-refractivity contribution in [1.82, 2.24) is 0 Å². The second-order valence-corrected chi connectivity index (χ2v) is 25.8. The van der Waals surface area contributed by atoms with Crippen LogP contribution in [0.2, 0.25) is 0 Å². The molecule has 0 radical (unpaired) electrons. The molecule has 408 valence electrons. The molecule has 4 saturated heterocycles. The fourth-order valence-corrected chi connectivity index (χ4v) is 17.0. The maximum Gasteiger partial charge on any atom is 0.356 e. The number of sulfonamides is 2. The Morgan fingerprint density at radius 1 is 0.392 bits per heavy atom. The number of para-hydroxylation sites is 5. The minimum Gasteiger partial charge on any atom is -0.407 e. The van der Waals surface area contributed by atoms with E-state index in [0.717, 1.165) is 19.3 Å². The third-order valence-corrected chi connectivity index (χ3v) is 21.5. The smallest absolute Gasteiger partial charge is 0.356 e. The highest BCUT2D eigenvalue weighted by Gasteiger charge is 2.38. The molecule has 0 unspecified atom stereocenters. The van der Waals surface area contributed by atoms with Gasteiger partial charge in [-0.3, -0.25) is 0 Å². The van der Waals surface area contributed by atoms with Gasteiger partial charge in [0.15, 0.2) is 47.5 Å². The fourth-order valence-electron chi connectivity index (χ4n) is 10.0. The summed E-state index contributed by atoms with van der Waals surface area (Å²) in [6.07, 6.45) is -3.41. The van der Waals surface area contributed by atoms with Crippen molar-refractivity contribution < 1.29 is 71.5 Å². The van der Waals surface area contributed by atoms with Crippen LogP contribution in [0.4, 0.5) is 5.69 Å².